The van der Waals surface area contributed by atoms with Crippen molar-refractivity contribution >= 4 is 22.7 Å². The number of amides is 2. The summed E-state index contributed by atoms with van der Waals surface area (Å²) in [6.07, 6.45) is 2.89. The number of benzene rings is 1. The Bertz CT molecular complexity index is 757. The van der Waals surface area contributed by atoms with E-state index >= 15 is 0 Å². The smallest absolute Gasteiger partial charge is 0.268 e. The Morgan fingerprint density at radius 1 is 1.32 bits per heavy atom. The van der Waals surface area contributed by atoms with Crippen LogP contribution in [0.1, 0.15) is 35.3 Å². The molecule has 1 aliphatic rings. The number of hydrogen-bond acceptors (Lipinski definition) is 3. The SMILES string of the molecule is CNC(=O)C(NC(=O)c1cc2c(F)ccc(C)c2[nH]1)C1CCCCN1. The standard InChI is InChI=1S/C18H23FN4O2/c1-10-6-7-12(19)11-9-14(22-15(10)11)17(24)23-16(18(25)20-2)13-5-3-4-8-21-13/h6-7,9,13,16,21-22H,3-5,8H2,1-2H3,(H,20,25)(H,23,24). The first kappa shape index (κ1) is 17.4. The summed E-state index contributed by atoms with van der Waals surface area (Å²) in [5, 5.41) is 9.05. The molecule has 1 fully saturated rings. The van der Waals surface area contributed by atoms with Crippen LogP contribution in [0, 0.1) is 12.7 Å². The van der Waals surface area contributed by atoms with Crippen LogP contribution in [0.3, 0.4) is 0 Å². The van der Waals surface area contributed by atoms with Crippen LogP contribution in [0.4, 0.5) is 4.39 Å². The molecule has 6 nitrogen and oxygen atoms in total. The van der Waals surface area contributed by atoms with E-state index in [0.29, 0.717) is 10.9 Å². The van der Waals surface area contributed by atoms with Gasteiger partial charge >= 0.3 is 0 Å². The van der Waals surface area contributed by atoms with Gasteiger partial charge in [-0.15, -0.1) is 0 Å². The molecule has 4 N–H and O–H groups in total. The number of aromatic amines is 1. The molecule has 0 saturated carbocycles. The summed E-state index contributed by atoms with van der Waals surface area (Å²) < 4.78 is 14.0. The highest BCUT2D eigenvalue weighted by Crippen LogP contribution is 2.22. The minimum Gasteiger partial charge on any atom is -0.357 e. The zero-order chi connectivity index (χ0) is 18.0. The van der Waals surface area contributed by atoms with Crippen LogP contribution in [-0.4, -0.2) is 42.5 Å². The lowest BCUT2D eigenvalue weighted by atomic mass is 9.97. The van der Waals surface area contributed by atoms with Crippen LogP contribution in [0.5, 0.6) is 0 Å². The van der Waals surface area contributed by atoms with E-state index in [1.807, 2.05) is 6.92 Å². The second kappa shape index (κ2) is 7.23. The first-order valence-corrected chi connectivity index (χ1v) is 8.55. The highest BCUT2D eigenvalue weighted by molar-refractivity contribution is 6.01. The quantitative estimate of drug-likeness (QED) is 0.678. The van der Waals surface area contributed by atoms with E-state index in [2.05, 4.69) is 20.9 Å². The minimum absolute atomic E-state index is 0.111. The number of carbonyl (C=O) groups is 2. The van der Waals surface area contributed by atoms with Crippen molar-refractivity contribution in [2.45, 2.75) is 38.3 Å². The van der Waals surface area contributed by atoms with Crippen molar-refractivity contribution in [1.29, 1.82) is 0 Å². The largest absolute Gasteiger partial charge is 0.357 e. The van der Waals surface area contributed by atoms with Gasteiger partial charge in [-0.05, 0) is 44.0 Å². The van der Waals surface area contributed by atoms with Gasteiger partial charge in [0.25, 0.3) is 5.91 Å². The van der Waals surface area contributed by atoms with Gasteiger partial charge in [-0.1, -0.05) is 12.5 Å². The van der Waals surface area contributed by atoms with E-state index in [4.69, 9.17) is 0 Å². The first-order valence-electron chi connectivity index (χ1n) is 8.55. The summed E-state index contributed by atoms with van der Waals surface area (Å²) in [4.78, 5) is 27.8. The fourth-order valence-electron chi connectivity index (χ4n) is 3.33. The summed E-state index contributed by atoms with van der Waals surface area (Å²) in [7, 11) is 1.55. The molecule has 0 aliphatic carbocycles. The van der Waals surface area contributed by atoms with Crippen molar-refractivity contribution in [1.82, 2.24) is 20.9 Å². The average molecular weight is 346 g/mol. The molecule has 2 heterocycles. The Kier molecular flexibility index (Phi) is 5.03. The third kappa shape index (κ3) is 3.51. The highest BCUT2D eigenvalue weighted by atomic mass is 19.1. The molecule has 1 aromatic heterocycles. The number of likely N-dealkylation sites (N-methyl/N-ethyl adjacent to an activating group) is 1. The Morgan fingerprint density at radius 2 is 2.12 bits per heavy atom. The third-order valence-electron chi connectivity index (χ3n) is 4.76. The Hall–Kier alpha value is -2.41. The lowest BCUT2D eigenvalue weighted by molar-refractivity contribution is -0.123. The molecule has 0 spiro atoms. The number of fused-ring (bicyclic) bond motifs is 1. The molecule has 7 heteroatoms. The zero-order valence-corrected chi connectivity index (χ0v) is 14.4. The van der Waals surface area contributed by atoms with Gasteiger partial charge in [0.1, 0.15) is 17.6 Å². The number of aromatic nitrogens is 1. The monoisotopic (exact) mass is 346 g/mol. The van der Waals surface area contributed by atoms with Crippen molar-refractivity contribution in [3.63, 3.8) is 0 Å². The van der Waals surface area contributed by atoms with Gasteiger partial charge in [0.15, 0.2) is 0 Å². The number of piperidine rings is 1. The van der Waals surface area contributed by atoms with Crippen molar-refractivity contribution in [3.8, 4) is 0 Å². The molecule has 2 atom stereocenters. The maximum absolute atomic E-state index is 14.0. The number of halogens is 1. The predicted octanol–water partition coefficient (Wildman–Crippen LogP) is 1.60. The normalized spacial score (nSPS) is 18.8. The summed E-state index contributed by atoms with van der Waals surface area (Å²) >= 11 is 0. The molecule has 2 unspecified atom stereocenters. The predicted molar refractivity (Wildman–Crippen MR) is 94.0 cm³/mol. The molecule has 0 bridgehead atoms. The maximum Gasteiger partial charge on any atom is 0.268 e. The summed E-state index contributed by atoms with van der Waals surface area (Å²) in [5.74, 6) is -1.05. The van der Waals surface area contributed by atoms with E-state index in [1.54, 1.807) is 13.1 Å². The Labute approximate surface area is 145 Å². The van der Waals surface area contributed by atoms with Gasteiger partial charge < -0.3 is 20.9 Å². The van der Waals surface area contributed by atoms with Crippen molar-refractivity contribution < 1.29 is 14.0 Å². The van der Waals surface area contributed by atoms with E-state index in [9.17, 15) is 14.0 Å². The fourth-order valence-corrected chi connectivity index (χ4v) is 3.33. The average Bonchev–Trinajstić information content (AvgIpc) is 3.09. The number of rotatable bonds is 4. The Morgan fingerprint density at radius 3 is 2.76 bits per heavy atom. The van der Waals surface area contributed by atoms with Crippen LogP contribution < -0.4 is 16.0 Å². The van der Waals surface area contributed by atoms with Gasteiger partial charge in [0.05, 0.1) is 5.52 Å². The van der Waals surface area contributed by atoms with Crippen LogP contribution in [0.25, 0.3) is 10.9 Å². The number of H-pyrrole nitrogens is 1. The summed E-state index contributed by atoms with van der Waals surface area (Å²) in [6.45, 7) is 2.67. The Balaban J connectivity index is 1.84. The highest BCUT2D eigenvalue weighted by Gasteiger charge is 2.30. The summed E-state index contributed by atoms with van der Waals surface area (Å²) in [5.41, 5.74) is 1.69. The van der Waals surface area contributed by atoms with Crippen LogP contribution >= 0.6 is 0 Å². The lowest BCUT2D eigenvalue weighted by Crippen LogP contribution is -2.58. The van der Waals surface area contributed by atoms with Crippen molar-refractivity contribution in [2.75, 3.05) is 13.6 Å². The van der Waals surface area contributed by atoms with Gasteiger partial charge in [0.2, 0.25) is 5.91 Å². The first-order chi connectivity index (χ1) is 12.0. The molecule has 1 aliphatic heterocycles. The zero-order valence-electron chi connectivity index (χ0n) is 14.4. The van der Waals surface area contributed by atoms with Crippen molar-refractivity contribution in [3.05, 3.63) is 35.3 Å². The number of carbonyl (C=O) groups excluding carboxylic acids is 2. The molecule has 2 amide bonds. The molecule has 1 saturated heterocycles. The number of nitrogens with one attached hydrogen (secondary N) is 4. The maximum atomic E-state index is 14.0. The fraction of sp³-hybridized carbons (Fsp3) is 0.444. The molecule has 2 aromatic rings. The second-order valence-electron chi connectivity index (χ2n) is 6.46. The molecular formula is C18H23FN4O2. The molecule has 134 valence electrons. The van der Waals surface area contributed by atoms with E-state index in [1.165, 1.54) is 12.1 Å². The topological polar surface area (TPSA) is 86.0 Å². The molecule has 0 radical (unpaired) electrons. The van der Waals surface area contributed by atoms with Gasteiger partial charge in [-0.25, -0.2) is 4.39 Å². The van der Waals surface area contributed by atoms with Crippen molar-refractivity contribution in [2.24, 2.45) is 0 Å². The molecular weight excluding hydrogens is 323 g/mol. The van der Waals surface area contributed by atoms with Gasteiger partial charge in [0, 0.05) is 18.5 Å². The van der Waals surface area contributed by atoms with Crippen LogP contribution in [-0.2, 0) is 4.79 Å². The van der Waals surface area contributed by atoms with E-state index < -0.39 is 11.9 Å². The van der Waals surface area contributed by atoms with E-state index in [-0.39, 0.29) is 23.5 Å². The van der Waals surface area contributed by atoms with Crippen LogP contribution in [0.15, 0.2) is 18.2 Å². The molecule has 3 rings (SSSR count). The third-order valence-corrected chi connectivity index (χ3v) is 4.76. The molecule has 25 heavy (non-hydrogen) atoms. The minimum atomic E-state index is -0.671. The second-order valence-corrected chi connectivity index (χ2v) is 6.46. The molecule has 1 aromatic carbocycles. The number of hydrogen-bond donors (Lipinski definition) is 4. The van der Waals surface area contributed by atoms with Gasteiger partial charge in [-0.2, -0.15) is 0 Å². The van der Waals surface area contributed by atoms with Crippen LogP contribution in [0.2, 0.25) is 0 Å². The van der Waals surface area contributed by atoms with E-state index in [0.717, 1.165) is 31.4 Å². The number of aryl methyl sites for hydroxylation is 1. The van der Waals surface area contributed by atoms with Gasteiger partial charge in [-0.3, -0.25) is 9.59 Å². The summed E-state index contributed by atoms with van der Waals surface area (Å²) in [6, 6.07) is 3.75. The lowest BCUT2D eigenvalue weighted by Gasteiger charge is -2.30.